The molecule has 4 nitrogen and oxygen atoms in total. The van der Waals surface area contributed by atoms with Gasteiger partial charge in [-0.1, -0.05) is 12.1 Å². The Kier molecular flexibility index (Phi) is 3.79. The number of amides is 1. The Morgan fingerprint density at radius 3 is 2.35 bits per heavy atom. The second kappa shape index (κ2) is 5.52. The van der Waals surface area contributed by atoms with Crippen LogP contribution in [0.2, 0.25) is 0 Å². The van der Waals surface area contributed by atoms with Crippen LogP contribution in [-0.4, -0.2) is 11.9 Å². The molecule has 0 bridgehead atoms. The summed E-state index contributed by atoms with van der Waals surface area (Å²) in [7, 11) is 0. The van der Waals surface area contributed by atoms with Crippen molar-refractivity contribution in [2.75, 3.05) is 5.32 Å². The van der Waals surface area contributed by atoms with Crippen LogP contribution >= 0.6 is 0 Å². The van der Waals surface area contributed by atoms with Crippen molar-refractivity contribution in [3.63, 3.8) is 0 Å². The van der Waals surface area contributed by atoms with Gasteiger partial charge in [0, 0.05) is 11.1 Å². The number of carbonyl (C=O) groups is 2. The fourth-order valence-electron chi connectivity index (χ4n) is 1.84. The topological polar surface area (TPSA) is 69.2 Å². The van der Waals surface area contributed by atoms with Crippen molar-refractivity contribution in [1.82, 2.24) is 0 Å². The lowest BCUT2D eigenvalue weighted by atomic mass is 10.1. The first-order valence-electron chi connectivity index (χ1n) is 5.87. The summed E-state index contributed by atoms with van der Waals surface area (Å²) in [6, 6.07) is 9.66. The number of carboxylic acids is 1. The molecule has 2 rings (SSSR count). The molecule has 1 N–H and O–H groups in total. The van der Waals surface area contributed by atoms with E-state index >= 15 is 0 Å². The largest absolute Gasteiger partial charge is 0.545 e. The molecule has 0 aliphatic rings. The predicted molar refractivity (Wildman–Crippen MR) is 69.9 cm³/mol. The van der Waals surface area contributed by atoms with Gasteiger partial charge in [0.05, 0.1) is 11.7 Å². The first-order valence-corrected chi connectivity index (χ1v) is 5.87. The van der Waals surface area contributed by atoms with E-state index in [1.807, 2.05) is 0 Å². The maximum atomic E-state index is 12.8. The van der Waals surface area contributed by atoms with Gasteiger partial charge in [0.2, 0.25) is 0 Å². The number of benzene rings is 2. The summed E-state index contributed by atoms with van der Waals surface area (Å²) in [6.45, 7) is 1.61. The Bertz CT molecular complexity index is 665. The SMILES string of the molecule is Cc1cccc(NC(=O)c2ccc(F)cc2)c1C(=O)[O-]. The molecule has 0 atom stereocenters. The van der Waals surface area contributed by atoms with Crippen molar-refractivity contribution in [1.29, 1.82) is 0 Å². The number of aromatic carboxylic acids is 1. The monoisotopic (exact) mass is 272 g/mol. The average Bonchev–Trinajstić information content (AvgIpc) is 2.39. The molecule has 0 aromatic heterocycles. The summed E-state index contributed by atoms with van der Waals surface area (Å²) in [5, 5.41) is 13.6. The van der Waals surface area contributed by atoms with Crippen LogP contribution in [0.15, 0.2) is 42.5 Å². The number of carboxylic acid groups (broad SMARTS) is 1. The van der Waals surface area contributed by atoms with Crippen LogP contribution < -0.4 is 10.4 Å². The van der Waals surface area contributed by atoms with E-state index in [9.17, 15) is 19.1 Å². The maximum Gasteiger partial charge on any atom is 0.255 e. The van der Waals surface area contributed by atoms with Crippen LogP contribution in [0, 0.1) is 12.7 Å². The molecule has 0 aliphatic heterocycles. The van der Waals surface area contributed by atoms with Crippen molar-refractivity contribution in [3.05, 3.63) is 65.0 Å². The van der Waals surface area contributed by atoms with E-state index in [1.165, 1.54) is 18.2 Å². The Morgan fingerprint density at radius 1 is 1.10 bits per heavy atom. The molecule has 0 radical (unpaired) electrons. The quantitative estimate of drug-likeness (QED) is 0.925. The van der Waals surface area contributed by atoms with Crippen molar-refractivity contribution >= 4 is 17.6 Å². The third kappa shape index (κ3) is 2.83. The molecule has 0 saturated heterocycles. The molecule has 102 valence electrons. The number of hydrogen-bond donors (Lipinski definition) is 1. The maximum absolute atomic E-state index is 12.8. The van der Waals surface area contributed by atoms with Gasteiger partial charge in [-0.3, -0.25) is 4.79 Å². The lowest BCUT2D eigenvalue weighted by Gasteiger charge is -2.14. The number of aryl methyl sites for hydroxylation is 1. The molecule has 0 heterocycles. The van der Waals surface area contributed by atoms with Crippen LogP contribution in [0.1, 0.15) is 26.3 Å². The molecule has 0 unspecified atom stereocenters. The summed E-state index contributed by atoms with van der Waals surface area (Å²) in [6.07, 6.45) is 0. The summed E-state index contributed by atoms with van der Waals surface area (Å²) in [5.41, 5.74) is 0.807. The van der Waals surface area contributed by atoms with Crippen LogP contribution in [-0.2, 0) is 0 Å². The highest BCUT2D eigenvalue weighted by molar-refractivity contribution is 6.07. The average molecular weight is 272 g/mol. The van der Waals surface area contributed by atoms with Gasteiger partial charge in [0.25, 0.3) is 5.91 Å². The molecule has 20 heavy (non-hydrogen) atoms. The minimum absolute atomic E-state index is 0.0667. The molecule has 5 heteroatoms. The zero-order chi connectivity index (χ0) is 14.7. The van der Waals surface area contributed by atoms with Gasteiger partial charge in [-0.2, -0.15) is 0 Å². The fourth-order valence-corrected chi connectivity index (χ4v) is 1.84. The number of halogens is 1. The van der Waals surface area contributed by atoms with Gasteiger partial charge in [0.1, 0.15) is 5.82 Å². The van der Waals surface area contributed by atoms with Crippen molar-refractivity contribution < 1.29 is 19.1 Å². The van der Waals surface area contributed by atoms with Crippen LogP contribution in [0.25, 0.3) is 0 Å². The minimum Gasteiger partial charge on any atom is -0.545 e. The highest BCUT2D eigenvalue weighted by Gasteiger charge is 2.11. The zero-order valence-corrected chi connectivity index (χ0v) is 10.6. The van der Waals surface area contributed by atoms with Gasteiger partial charge in [-0.15, -0.1) is 0 Å². The van der Waals surface area contributed by atoms with E-state index in [0.717, 1.165) is 12.1 Å². The second-order valence-electron chi connectivity index (χ2n) is 4.25. The van der Waals surface area contributed by atoms with Gasteiger partial charge < -0.3 is 15.2 Å². The zero-order valence-electron chi connectivity index (χ0n) is 10.6. The van der Waals surface area contributed by atoms with E-state index < -0.39 is 17.7 Å². The second-order valence-corrected chi connectivity index (χ2v) is 4.25. The summed E-state index contributed by atoms with van der Waals surface area (Å²) < 4.78 is 12.8. The van der Waals surface area contributed by atoms with E-state index in [4.69, 9.17) is 0 Å². The lowest BCUT2D eigenvalue weighted by molar-refractivity contribution is -0.254. The van der Waals surface area contributed by atoms with E-state index in [-0.39, 0.29) is 16.8 Å². The van der Waals surface area contributed by atoms with Gasteiger partial charge >= 0.3 is 0 Å². The first-order chi connectivity index (χ1) is 9.49. The molecule has 0 aliphatic carbocycles. The number of rotatable bonds is 3. The van der Waals surface area contributed by atoms with Crippen molar-refractivity contribution in [2.24, 2.45) is 0 Å². The lowest BCUT2D eigenvalue weighted by Crippen LogP contribution is -2.26. The summed E-state index contributed by atoms with van der Waals surface area (Å²) in [5.74, 6) is -2.33. The smallest absolute Gasteiger partial charge is 0.255 e. The summed E-state index contributed by atoms with van der Waals surface area (Å²) >= 11 is 0. The Morgan fingerprint density at radius 2 is 1.75 bits per heavy atom. The van der Waals surface area contributed by atoms with Gasteiger partial charge in [-0.05, 0) is 42.8 Å². The molecule has 1 amide bonds. The molecule has 0 spiro atoms. The van der Waals surface area contributed by atoms with Crippen LogP contribution in [0.4, 0.5) is 10.1 Å². The highest BCUT2D eigenvalue weighted by Crippen LogP contribution is 2.19. The Balaban J connectivity index is 2.30. The summed E-state index contributed by atoms with van der Waals surface area (Å²) in [4.78, 5) is 23.1. The van der Waals surface area contributed by atoms with Gasteiger partial charge in [0.15, 0.2) is 0 Å². The Labute approximate surface area is 114 Å². The van der Waals surface area contributed by atoms with Crippen LogP contribution in [0.5, 0.6) is 0 Å². The third-order valence-corrected chi connectivity index (χ3v) is 2.83. The van der Waals surface area contributed by atoms with E-state index in [1.54, 1.807) is 19.1 Å². The number of anilines is 1. The van der Waals surface area contributed by atoms with E-state index in [2.05, 4.69) is 5.32 Å². The molecule has 0 fully saturated rings. The molecular weight excluding hydrogens is 261 g/mol. The predicted octanol–water partition coefficient (Wildman–Crippen LogP) is 1.75. The third-order valence-electron chi connectivity index (χ3n) is 2.83. The van der Waals surface area contributed by atoms with Crippen molar-refractivity contribution in [2.45, 2.75) is 6.92 Å². The molecule has 0 saturated carbocycles. The molecular formula is C15H11FNO3-. The number of hydrogen-bond acceptors (Lipinski definition) is 3. The molecule has 2 aromatic rings. The number of carbonyl (C=O) groups excluding carboxylic acids is 2. The fraction of sp³-hybridized carbons (Fsp3) is 0.0667. The number of nitrogens with one attached hydrogen (secondary N) is 1. The highest BCUT2D eigenvalue weighted by atomic mass is 19.1. The van der Waals surface area contributed by atoms with E-state index in [0.29, 0.717) is 5.56 Å². The standard InChI is InChI=1S/C15H12FNO3/c1-9-3-2-4-12(13(9)15(19)20)17-14(18)10-5-7-11(16)8-6-10/h2-8H,1H3,(H,17,18)(H,19,20)/p-1. The van der Waals surface area contributed by atoms with Gasteiger partial charge in [-0.25, -0.2) is 4.39 Å². The van der Waals surface area contributed by atoms with Crippen molar-refractivity contribution in [3.8, 4) is 0 Å². The normalized spacial score (nSPS) is 10.1. The first kappa shape index (κ1) is 13.7. The van der Waals surface area contributed by atoms with Crippen LogP contribution in [0.3, 0.4) is 0 Å². The minimum atomic E-state index is -1.36. The molecule has 2 aromatic carbocycles. The Hall–Kier alpha value is -2.69.